The normalized spacial score (nSPS) is 23.8. The van der Waals surface area contributed by atoms with Crippen molar-refractivity contribution in [3.05, 3.63) is 59.5 Å². The van der Waals surface area contributed by atoms with Crippen LogP contribution in [0.25, 0.3) is 21.9 Å². The lowest BCUT2D eigenvalue weighted by Gasteiger charge is -2.49. The van der Waals surface area contributed by atoms with Crippen LogP contribution in [0.4, 0.5) is 10.2 Å². The molecule has 4 heteroatoms. The molecule has 0 aliphatic carbocycles. The highest BCUT2D eigenvalue weighted by atomic mass is 19.1. The minimum Gasteiger partial charge on any atom is -0.287 e. The first kappa shape index (κ1) is 18.7. The number of pyridine rings is 1. The zero-order chi connectivity index (χ0) is 20.2. The first-order valence-electron chi connectivity index (χ1n) is 10.8. The first-order chi connectivity index (χ1) is 14.0. The molecule has 0 radical (unpaired) electrons. The molecule has 3 aliphatic rings. The Morgan fingerprint density at radius 2 is 1.59 bits per heavy atom. The summed E-state index contributed by atoms with van der Waals surface area (Å²) in [5.41, 5.74) is 4.60. The van der Waals surface area contributed by atoms with Gasteiger partial charge in [0.05, 0.1) is 30.7 Å². The van der Waals surface area contributed by atoms with Gasteiger partial charge in [0.2, 0.25) is 5.82 Å². The average molecular weight is 391 g/mol. The van der Waals surface area contributed by atoms with Crippen LogP contribution < -0.4 is 4.48 Å². The third kappa shape index (κ3) is 3.06. The van der Waals surface area contributed by atoms with Crippen molar-refractivity contribution in [2.24, 2.45) is 0 Å². The van der Waals surface area contributed by atoms with E-state index in [-0.39, 0.29) is 5.82 Å². The lowest BCUT2D eigenvalue weighted by atomic mass is 9.91. The van der Waals surface area contributed by atoms with E-state index in [1.54, 1.807) is 12.1 Å². The van der Waals surface area contributed by atoms with E-state index < -0.39 is 0 Å². The maximum absolute atomic E-state index is 13.6. The van der Waals surface area contributed by atoms with Crippen molar-refractivity contribution in [3.8, 4) is 11.1 Å². The number of aryl methyl sites for hydroxylation is 1. The highest BCUT2D eigenvalue weighted by Gasteiger charge is 2.43. The van der Waals surface area contributed by atoms with Gasteiger partial charge in [0.15, 0.2) is 0 Å². The molecule has 0 spiro atoms. The van der Waals surface area contributed by atoms with Crippen LogP contribution >= 0.6 is 0 Å². The van der Waals surface area contributed by atoms with Gasteiger partial charge in [0, 0.05) is 25.2 Å². The molecule has 3 aromatic rings. The molecule has 2 aromatic carbocycles. The summed E-state index contributed by atoms with van der Waals surface area (Å²) < 4.78 is 14.6. The predicted octanol–water partition coefficient (Wildman–Crippen LogP) is 5.11. The molecule has 1 aromatic heterocycles. The van der Waals surface area contributed by atoms with Gasteiger partial charge in [-0.1, -0.05) is 43.7 Å². The molecular weight excluding hydrogens is 361 g/mol. The van der Waals surface area contributed by atoms with Crippen LogP contribution in [0.5, 0.6) is 0 Å². The van der Waals surface area contributed by atoms with Crippen LogP contribution in [-0.4, -0.2) is 49.2 Å². The standard InChI is InChI=1S/C25H29FN3/c1-17(2)24-23(19-5-7-20(26)8-6-19)21-9-4-18(3)16-22(21)25(27-24)29-13-10-28(11-14-29)12-15-29/h4-9,16-17H,10-15H2,1-3H3/q+1. The van der Waals surface area contributed by atoms with E-state index in [9.17, 15) is 4.39 Å². The van der Waals surface area contributed by atoms with Crippen LogP contribution in [0.2, 0.25) is 0 Å². The zero-order valence-electron chi connectivity index (χ0n) is 17.6. The fourth-order valence-corrected chi connectivity index (χ4v) is 5.12. The molecule has 0 unspecified atom stereocenters. The molecule has 0 N–H and O–H groups in total. The van der Waals surface area contributed by atoms with Crippen LogP contribution in [0.1, 0.15) is 31.0 Å². The number of hydrogen-bond acceptors (Lipinski definition) is 2. The highest BCUT2D eigenvalue weighted by molar-refractivity contribution is 6.03. The van der Waals surface area contributed by atoms with Crippen molar-refractivity contribution in [1.82, 2.24) is 14.4 Å². The number of piperazine rings is 3. The van der Waals surface area contributed by atoms with Gasteiger partial charge < -0.3 is 0 Å². The molecule has 29 heavy (non-hydrogen) atoms. The third-order valence-corrected chi connectivity index (χ3v) is 6.83. The summed E-state index contributed by atoms with van der Waals surface area (Å²) in [7, 11) is 0. The fraction of sp³-hybridized carbons (Fsp3) is 0.400. The molecule has 3 nitrogen and oxygen atoms in total. The molecular formula is C25H29FN3+. The highest BCUT2D eigenvalue weighted by Crippen LogP contribution is 2.42. The second kappa shape index (κ2) is 6.89. The smallest absolute Gasteiger partial charge is 0.235 e. The molecule has 150 valence electrons. The SMILES string of the molecule is Cc1ccc2c(-c3ccc(F)cc3)c(C(C)C)nc([N+]34CCN(CC3)CC4)c2c1. The summed E-state index contributed by atoms with van der Waals surface area (Å²) in [6.07, 6.45) is 0. The fourth-order valence-electron chi connectivity index (χ4n) is 5.12. The number of quaternary nitrogens is 1. The molecule has 4 heterocycles. The van der Waals surface area contributed by atoms with Gasteiger partial charge in [-0.15, -0.1) is 0 Å². The third-order valence-electron chi connectivity index (χ3n) is 6.83. The molecule has 3 fully saturated rings. The molecule has 3 saturated heterocycles. The summed E-state index contributed by atoms with van der Waals surface area (Å²) >= 11 is 0. The number of aromatic nitrogens is 1. The summed E-state index contributed by atoms with van der Waals surface area (Å²) in [6, 6.07) is 13.6. The number of hydrogen-bond donors (Lipinski definition) is 0. The largest absolute Gasteiger partial charge is 0.287 e. The van der Waals surface area contributed by atoms with E-state index in [2.05, 4.69) is 43.9 Å². The molecule has 0 amide bonds. The number of rotatable bonds is 3. The Balaban J connectivity index is 1.83. The quantitative estimate of drug-likeness (QED) is 0.578. The van der Waals surface area contributed by atoms with Gasteiger partial charge in [0.25, 0.3) is 0 Å². The van der Waals surface area contributed by atoms with Gasteiger partial charge >= 0.3 is 0 Å². The number of nitrogens with zero attached hydrogens (tertiary/aromatic N) is 3. The van der Waals surface area contributed by atoms with E-state index in [0.717, 1.165) is 60.6 Å². The van der Waals surface area contributed by atoms with Gasteiger partial charge in [-0.05, 0) is 42.0 Å². The summed E-state index contributed by atoms with van der Waals surface area (Å²) in [4.78, 5) is 7.96. The molecule has 2 bridgehead atoms. The molecule has 6 rings (SSSR count). The Labute approximate surface area is 172 Å². The van der Waals surface area contributed by atoms with Crippen molar-refractivity contribution in [1.29, 1.82) is 0 Å². The van der Waals surface area contributed by atoms with E-state index >= 15 is 0 Å². The molecule has 0 saturated carbocycles. The lowest BCUT2D eigenvalue weighted by Crippen LogP contribution is -2.68. The van der Waals surface area contributed by atoms with Crippen LogP contribution in [-0.2, 0) is 0 Å². The number of benzene rings is 2. The van der Waals surface area contributed by atoms with Gasteiger partial charge in [-0.25, -0.2) is 4.39 Å². The second-order valence-electron chi connectivity index (χ2n) is 9.06. The monoisotopic (exact) mass is 390 g/mol. The van der Waals surface area contributed by atoms with Crippen LogP contribution in [0.3, 0.4) is 0 Å². The number of halogens is 1. The Hall–Kier alpha value is -2.30. The minimum absolute atomic E-state index is 0.200. The van der Waals surface area contributed by atoms with Crippen molar-refractivity contribution < 1.29 is 4.39 Å². The molecule has 3 aliphatic heterocycles. The first-order valence-corrected chi connectivity index (χ1v) is 10.8. The van der Waals surface area contributed by atoms with E-state index in [1.807, 2.05) is 12.1 Å². The van der Waals surface area contributed by atoms with E-state index in [0.29, 0.717) is 5.92 Å². The average Bonchev–Trinajstić information content (AvgIpc) is 2.74. The van der Waals surface area contributed by atoms with E-state index in [4.69, 9.17) is 4.98 Å². The Bertz CT molecular complexity index is 1050. The van der Waals surface area contributed by atoms with Gasteiger partial charge in [-0.2, -0.15) is 4.98 Å². The van der Waals surface area contributed by atoms with Crippen molar-refractivity contribution >= 4 is 16.6 Å². The van der Waals surface area contributed by atoms with Crippen molar-refractivity contribution in [2.45, 2.75) is 26.7 Å². The lowest BCUT2D eigenvalue weighted by molar-refractivity contribution is 0.0665. The second-order valence-corrected chi connectivity index (χ2v) is 9.06. The van der Waals surface area contributed by atoms with Crippen molar-refractivity contribution in [2.75, 3.05) is 39.3 Å². The molecule has 0 atom stereocenters. The Morgan fingerprint density at radius 3 is 2.21 bits per heavy atom. The van der Waals surface area contributed by atoms with Gasteiger partial charge in [0.1, 0.15) is 5.82 Å². The van der Waals surface area contributed by atoms with Gasteiger partial charge in [-0.3, -0.25) is 9.38 Å². The summed E-state index contributed by atoms with van der Waals surface area (Å²) in [5, 5.41) is 2.51. The van der Waals surface area contributed by atoms with E-state index in [1.165, 1.54) is 22.2 Å². The number of fused-ring (bicyclic) bond motifs is 4. The zero-order valence-corrected chi connectivity index (χ0v) is 17.6. The van der Waals surface area contributed by atoms with Crippen LogP contribution in [0, 0.1) is 12.7 Å². The topological polar surface area (TPSA) is 16.1 Å². The summed E-state index contributed by atoms with van der Waals surface area (Å²) in [5.74, 6) is 1.34. The Morgan fingerprint density at radius 1 is 0.931 bits per heavy atom. The summed E-state index contributed by atoms with van der Waals surface area (Å²) in [6.45, 7) is 13.5. The maximum atomic E-state index is 13.6. The van der Waals surface area contributed by atoms with Crippen LogP contribution in [0.15, 0.2) is 42.5 Å². The maximum Gasteiger partial charge on any atom is 0.235 e. The predicted molar refractivity (Wildman–Crippen MR) is 119 cm³/mol. The van der Waals surface area contributed by atoms with Crippen molar-refractivity contribution in [3.63, 3.8) is 0 Å². The minimum atomic E-state index is -0.200. The Kier molecular flexibility index (Phi) is 4.45.